The molecule has 4 rings (SSSR count). The largest absolute Gasteiger partial charge is 0.369 e. The van der Waals surface area contributed by atoms with Crippen LogP contribution in [-0.2, 0) is 16.0 Å². The van der Waals surface area contributed by atoms with Crippen molar-refractivity contribution in [2.45, 2.75) is 24.9 Å². The Balaban J connectivity index is 1.87. The van der Waals surface area contributed by atoms with Crippen molar-refractivity contribution in [1.82, 2.24) is 9.88 Å². The fraction of sp³-hybridized carbons (Fsp3) is 0.211. The summed E-state index contributed by atoms with van der Waals surface area (Å²) in [6.45, 7) is 0. The van der Waals surface area contributed by atoms with E-state index in [1.165, 1.54) is 11.3 Å². The van der Waals surface area contributed by atoms with Gasteiger partial charge in [-0.15, -0.1) is 11.3 Å². The van der Waals surface area contributed by atoms with E-state index in [1.807, 2.05) is 24.3 Å². The third kappa shape index (κ3) is 3.37. The number of thiophene rings is 1. The van der Waals surface area contributed by atoms with Gasteiger partial charge in [0, 0.05) is 0 Å². The summed E-state index contributed by atoms with van der Waals surface area (Å²) in [7, 11) is 0. The highest BCUT2D eigenvalue weighted by Crippen LogP contribution is 2.47. The van der Waals surface area contributed by atoms with Gasteiger partial charge >= 0.3 is 0 Å². The van der Waals surface area contributed by atoms with Crippen LogP contribution in [0.3, 0.4) is 0 Å². The summed E-state index contributed by atoms with van der Waals surface area (Å²) in [5, 5.41) is 3.21. The molecular formula is C19H16Cl2N4O3S. The number of carbonyl (C=O) groups excluding carboxylic acids is 3. The highest BCUT2D eigenvalue weighted by atomic mass is 35.5. The first kappa shape index (κ1) is 19.8. The van der Waals surface area contributed by atoms with E-state index in [0.29, 0.717) is 21.3 Å². The Kier molecular flexibility index (Phi) is 5.02. The molecule has 0 unspecified atom stereocenters. The Morgan fingerprint density at radius 2 is 1.93 bits per heavy atom. The quantitative estimate of drug-likeness (QED) is 0.518. The number of primary amides is 2. The van der Waals surface area contributed by atoms with Gasteiger partial charge in [0.15, 0.2) is 0 Å². The number of hydrogen-bond acceptors (Lipinski definition) is 4. The van der Waals surface area contributed by atoms with E-state index in [4.69, 9.17) is 34.7 Å². The summed E-state index contributed by atoms with van der Waals surface area (Å²) in [5.74, 6) is -1.83. The zero-order valence-corrected chi connectivity index (χ0v) is 17.3. The van der Waals surface area contributed by atoms with Crippen LogP contribution in [0.1, 0.15) is 40.1 Å². The maximum absolute atomic E-state index is 12.3. The van der Waals surface area contributed by atoms with Crippen LogP contribution in [0.4, 0.5) is 0 Å². The SMILES string of the molecule is NC(=O)CC(=O)N[C@@H]1c2ccccc2C[C@H]1n1c(C(N)=O)cc2sc(Cl)c(Cl)c21. The number of amides is 3. The number of nitrogens with one attached hydrogen (secondary N) is 1. The number of hydrogen-bond donors (Lipinski definition) is 3. The van der Waals surface area contributed by atoms with Gasteiger partial charge in [0.1, 0.15) is 16.5 Å². The van der Waals surface area contributed by atoms with E-state index >= 15 is 0 Å². The fourth-order valence-corrected chi connectivity index (χ4v) is 5.48. The molecule has 1 aliphatic carbocycles. The second-order valence-corrected chi connectivity index (χ2v) is 8.86. The van der Waals surface area contributed by atoms with Gasteiger partial charge in [-0.05, 0) is 23.6 Å². The molecule has 0 fully saturated rings. The van der Waals surface area contributed by atoms with E-state index in [1.54, 1.807) is 10.6 Å². The van der Waals surface area contributed by atoms with Crippen molar-refractivity contribution < 1.29 is 14.4 Å². The topological polar surface area (TPSA) is 120 Å². The van der Waals surface area contributed by atoms with Crippen LogP contribution in [0.5, 0.6) is 0 Å². The third-order valence-corrected chi connectivity index (χ3v) is 6.93. The Morgan fingerprint density at radius 1 is 1.21 bits per heavy atom. The van der Waals surface area contributed by atoms with Crippen LogP contribution < -0.4 is 16.8 Å². The molecule has 5 N–H and O–H groups in total. The number of benzene rings is 1. The minimum Gasteiger partial charge on any atom is -0.369 e. The average Bonchev–Trinajstić information content (AvgIpc) is 3.27. The number of fused-ring (bicyclic) bond motifs is 2. The van der Waals surface area contributed by atoms with Gasteiger partial charge in [0.05, 0.1) is 27.3 Å². The van der Waals surface area contributed by atoms with Crippen molar-refractivity contribution >= 4 is 62.5 Å². The predicted octanol–water partition coefficient (Wildman–Crippen LogP) is 2.94. The number of aromatic nitrogens is 1. The molecule has 2 aromatic heterocycles. The summed E-state index contributed by atoms with van der Waals surface area (Å²) in [5.41, 5.74) is 13.6. The lowest BCUT2D eigenvalue weighted by Crippen LogP contribution is -2.35. The van der Waals surface area contributed by atoms with E-state index in [2.05, 4.69) is 5.32 Å². The van der Waals surface area contributed by atoms with Gasteiger partial charge < -0.3 is 21.4 Å². The van der Waals surface area contributed by atoms with Crippen molar-refractivity contribution in [3.8, 4) is 0 Å². The normalized spacial score (nSPS) is 18.0. The zero-order valence-electron chi connectivity index (χ0n) is 14.9. The van der Waals surface area contributed by atoms with Gasteiger partial charge in [-0.3, -0.25) is 14.4 Å². The number of nitrogens with two attached hydrogens (primary N) is 2. The van der Waals surface area contributed by atoms with Crippen LogP contribution in [0.2, 0.25) is 9.36 Å². The molecular weight excluding hydrogens is 435 g/mol. The number of carbonyl (C=O) groups is 3. The average molecular weight is 451 g/mol. The van der Waals surface area contributed by atoms with Crippen LogP contribution in [0.15, 0.2) is 30.3 Å². The number of halogens is 2. The molecule has 2 heterocycles. The van der Waals surface area contributed by atoms with Gasteiger partial charge in [-0.1, -0.05) is 47.5 Å². The molecule has 0 radical (unpaired) electrons. The van der Waals surface area contributed by atoms with Crippen molar-refractivity contribution in [3.05, 3.63) is 56.5 Å². The van der Waals surface area contributed by atoms with E-state index < -0.39 is 30.2 Å². The number of nitrogens with zero attached hydrogens (tertiary/aromatic N) is 1. The van der Waals surface area contributed by atoms with Gasteiger partial charge in [0.2, 0.25) is 11.8 Å². The van der Waals surface area contributed by atoms with E-state index in [9.17, 15) is 14.4 Å². The van der Waals surface area contributed by atoms with Crippen molar-refractivity contribution in [2.24, 2.45) is 11.5 Å². The van der Waals surface area contributed by atoms with Crippen LogP contribution in [-0.4, -0.2) is 22.3 Å². The molecule has 0 saturated heterocycles. The fourth-order valence-electron chi connectivity index (χ4n) is 3.93. The first-order valence-corrected chi connectivity index (χ1v) is 10.3. The highest BCUT2D eigenvalue weighted by molar-refractivity contribution is 7.23. The number of rotatable bonds is 5. The summed E-state index contributed by atoms with van der Waals surface area (Å²) in [6, 6.07) is 8.40. The third-order valence-electron chi connectivity index (χ3n) is 5.02. The van der Waals surface area contributed by atoms with Crippen molar-refractivity contribution in [1.29, 1.82) is 0 Å². The molecule has 0 spiro atoms. The van der Waals surface area contributed by atoms with Gasteiger partial charge in [0.25, 0.3) is 5.91 Å². The molecule has 7 nitrogen and oxygen atoms in total. The summed E-state index contributed by atoms with van der Waals surface area (Å²) in [4.78, 5) is 35.7. The summed E-state index contributed by atoms with van der Waals surface area (Å²) >= 11 is 13.9. The molecule has 29 heavy (non-hydrogen) atoms. The van der Waals surface area contributed by atoms with E-state index in [-0.39, 0.29) is 11.7 Å². The van der Waals surface area contributed by atoms with Crippen LogP contribution in [0, 0.1) is 0 Å². The molecule has 0 saturated carbocycles. The first-order chi connectivity index (χ1) is 13.8. The lowest BCUT2D eigenvalue weighted by molar-refractivity contribution is -0.128. The van der Waals surface area contributed by atoms with Gasteiger partial charge in [-0.2, -0.15) is 0 Å². The highest BCUT2D eigenvalue weighted by Gasteiger charge is 2.38. The molecule has 3 amide bonds. The second-order valence-electron chi connectivity index (χ2n) is 6.82. The minimum absolute atomic E-state index is 0.275. The Bertz CT molecular complexity index is 1170. The molecule has 0 bridgehead atoms. The lowest BCUT2D eigenvalue weighted by atomic mass is 10.1. The standard InChI is InChI=1S/C19H16Cl2N4O3S/c20-15-17-12(29-18(15)21)6-11(19(23)28)25(17)10-5-8-3-1-2-4-9(8)16(10)24-14(27)7-13(22)26/h1-4,6,10,16H,5,7H2,(H2,22,26)(H2,23,28)(H,24,27)/t10-,16-/m1/s1. The monoisotopic (exact) mass is 450 g/mol. The molecule has 3 aromatic rings. The lowest BCUT2D eigenvalue weighted by Gasteiger charge is -2.25. The van der Waals surface area contributed by atoms with Gasteiger partial charge in [-0.25, -0.2) is 0 Å². The molecule has 0 aliphatic heterocycles. The summed E-state index contributed by atoms with van der Waals surface area (Å²) in [6.07, 6.45) is 0.103. The summed E-state index contributed by atoms with van der Waals surface area (Å²) < 4.78 is 2.88. The molecule has 1 aromatic carbocycles. The smallest absolute Gasteiger partial charge is 0.265 e. The van der Waals surface area contributed by atoms with Crippen LogP contribution >= 0.6 is 34.5 Å². The maximum atomic E-state index is 12.3. The molecule has 1 aliphatic rings. The second kappa shape index (κ2) is 7.37. The van der Waals surface area contributed by atoms with Crippen LogP contribution in [0.25, 0.3) is 10.2 Å². The Labute approximate surface area is 179 Å². The Hall–Kier alpha value is -2.55. The zero-order chi connectivity index (χ0) is 20.9. The maximum Gasteiger partial charge on any atom is 0.265 e. The first-order valence-electron chi connectivity index (χ1n) is 8.72. The molecule has 2 atom stereocenters. The predicted molar refractivity (Wildman–Crippen MR) is 112 cm³/mol. The molecule has 150 valence electrons. The van der Waals surface area contributed by atoms with E-state index in [0.717, 1.165) is 15.8 Å². The molecule has 10 heteroatoms. The Morgan fingerprint density at radius 3 is 2.62 bits per heavy atom. The van der Waals surface area contributed by atoms with Crippen molar-refractivity contribution in [3.63, 3.8) is 0 Å². The minimum atomic E-state index is -0.723. The van der Waals surface area contributed by atoms with Crippen molar-refractivity contribution in [2.75, 3.05) is 0 Å².